The second-order valence-electron chi connectivity index (χ2n) is 3.52. The van der Waals surface area contributed by atoms with Gasteiger partial charge in [-0.05, 0) is 33.9 Å². The summed E-state index contributed by atoms with van der Waals surface area (Å²) in [6.07, 6.45) is 4.93. The molecule has 0 aliphatic heterocycles. The minimum atomic E-state index is -0.518. The highest BCUT2D eigenvalue weighted by molar-refractivity contribution is 5.52. The molecule has 0 aromatic heterocycles. The van der Waals surface area contributed by atoms with Gasteiger partial charge in [-0.25, -0.2) is 0 Å². The number of nitrogens with one attached hydrogen (secondary N) is 2. The Kier molecular flexibility index (Phi) is 4.66. The number of nitrogens with two attached hydrogens (primary N) is 1. The van der Waals surface area contributed by atoms with Crippen molar-refractivity contribution in [3.8, 4) is 0 Å². The average Bonchev–Trinajstić information content (AvgIpc) is 2.05. The van der Waals surface area contributed by atoms with Crippen molar-refractivity contribution in [1.29, 1.82) is 5.41 Å². The van der Waals surface area contributed by atoms with Crippen LogP contribution in [0.1, 0.15) is 20.8 Å². The molecule has 4 nitrogen and oxygen atoms in total. The molecule has 4 heteroatoms. The molecule has 0 fully saturated rings. The lowest BCUT2D eigenvalue weighted by Gasteiger charge is -2.23. The minimum absolute atomic E-state index is 0.279. The van der Waals surface area contributed by atoms with Crippen LogP contribution in [0.25, 0.3) is 0 Å². The van der Waals surface area contributed by atoms with Crippen LogP contribution in [0.3, 0.4) is 0 Å². The van der Waals surface area contributed by atoms with Crippen LogP contribution in [0.2, 0.25) is 0 Å². The lowest BCUT2D eigenvalue weighted by molar-refractivity contribution is 0.447. The summed E-state index contributed by atoms with van der Waals surface area (Å²) in [6.45, 7) is 5.90. The van der Waals surface area contributed by atoms with Gasteiger partial charge in [0.05, 0.1) is 12.0 Å². The number of likely N-dealkylation sites (N-methyl/N-ethyl adjacent to an activating group) is 1. The molecule has 0 aromatic rings. The van der Waals surface area contributed by atoms with Gasteiger partial charge in [0.1, 0.15) is 0 Å². The van der Waals surface area contributed by atoms with E-state index in [4.69, 9.17) is 11.1 Å². The summed E-state index contributed by atoms with van der Waals surface area (Å²) in [5.74, 6) is 0. The van der Waals surface area contributed by atoms with Gasteiger partial charge in [-0.3, -0.25) is 10.7 Å². The molecule has 0 aliphatic rings. The number of hydrogen-bond acceptors (Lipinski definition) is 3. The van der Waals surface area contributed by atoms with Gasteiger partial charge < -0.3 is 10.6 Å². The van der Waals surface area contributed by atoms with Gasteiger partial charge in [0.25, 0.3) is 0 Å². The third-order valence-corrected chi connectivity index (χ3v) is 1.88. The standard InChI is InChI=1S/C9H20N4/c1-8(2)13(7-10)6-5-9(3,11)12-4/h5-8,10,12H,11H2,1-4H3/b6-5-,10-7?. The molecule has 0 saturated heterocycles. The second-order valence-corrected chi connectivity index (χ2v) is 3.52. The van der Waals surface area contributed by atoms with Crippen molar-refractivity contribution >= 4 is 6.34 Å². The molecule has 0 rings (SSSR count). The van der Waals surface area contributed by atoms with Crippen molar-refractivity contribution in [2.75, 3.05) is 7.05 Å². The molecule has 13 heavy (non-hydrogen) atoms. The smallest absolute Gasteiger partial charge is 0.0859 e. The van der Waals surface area contributed by atoms with E-state index in [1.165, 1.54) is 6.34 Å². The molecule has 0 radical (unpaired) electrons. The topological polar surface area (TPSA) is 65.1 Å². The predicted octanol–water partition coefficient (Wildman–Crippen LogP) is 0.712. The Balaban J connectivity index is 4.30. The molecule has 1 atom stereocenters. The fourth-order valence-corrected chi connectivity index (χ4v) is 0.688. The molecule has 0 spiro atoms. The van der Waals surface area contributed by atoms with Crippen LogP contribution < -0.4 is 11.1 Å². The lowest BCUT2D eigenvalue weighted by Crippen LogP contribution is -2.47. The number of nitrogens with zero attached hydrogens (tertiary/aromatic N) is 1. The van der Waals surface area contributed by atoms with E-state index in [9.17, 15) is 0 Å². The van der Waals surface area contributed by atoms with E-state index in [1.807, 2.05) is 33.0 Å². The fraction of sp³-hybridized carbons (Fsp3) is 0.667. The highest BCUT2D eigenvalue weighted by Gasteiger charge is 2.10. The van der Waals surface area contributed by atoms with Crippen LogP contribution in [0.4, 0.5) is 0 Å². The monoisotopic (exact) mass is 184 g/mol. The van der Waals surface area contributed by atoms with Gasteiger partial charge in [0, 0.05) is 12.2 Å². The van der Waals surface area contributed by atoms with Crippen LogP contribution in [0.15, 0.2) is 12.3 Å². The van der Waals surface area contributed by atoms with Crippen molar-refractivity contribution in [2.24, 2.45) is 5.73 Å². The first-order chi connectivity index (χ1) is 5.93. The summed E-state index contributed by atoms with van der Waals surface area (Å²) in [4.78, 5) is 1.78. The Hall–Kier alpha value is -0.870. The Bertz CT molecular complexity index is 184. The van der Waals surface area contributed by atoms with Gasteiger partial charge in [-0.1, -0.05) is 0 Å². The molecule has 4 N–H and O–H groups in total. The van der Waals surface area contributed by atoms with Crippen molar-refractivity contribution in [3.05, 3.63) is 12.3 Å². The van der Waals surface area contributed by atoms with Gasteiger partial charge >= 0.3 is 0 Å². The van der Waals surface area contributed by atoms with Crippen molar-refractivity contribution < 1.29 is 0 Å². The number of rotatable bonds is 5. The maximum absolute atomic E-state index is 7.14. The zero-order valence-corrected chi connectivity index (χ0v) is 8.83. The van der Waals surface area contributed by atoms with Crippen molar-refractivity contribution in [1.82, 2.24) is 10.2 Å². The third kappa shape index (κ3) is 4.65. The number of hydrogen-bond donors (Lipinski definition) is 3. The Morgan fingerprint density at radius 3 is 2.38 bits per heavy atom. The van der Waals surface area contributed by atoms with Gasteiger partial charge in [0.15, 0.2) is 0 Å². The Labute approximate surface area is 80.3 Å². The summed E-state index contributed by atoms with van der Waals surface area (Å²) in [7, 11) is 1.80. The normalized spacial score (nSPS) is 16.2. The molecular formula is C9H20N4. The molecule has 0 heterocycles. The highest BCUT2D eigenvalue weighted by Crippen LogP contribution is 2.00. The van der Waals surface area contributed by atoms with Crippen LogP contribution in [0.5, 0.6) is 0 Å². The fourth-order valence-electron chi connectivity index (χ4n) is 0.688. The lowest BCUT2D eigenvalue weighted by atomic mass is 10.2. The summed E-state index contributed by atoms with van der Waals surface area (Å²) in [5.41, 5.74) is 5.30. The van der Waals surface area contributed by atoms with Crippen LogP contribution >= 0.6 is 0 Å². The molecule has 0 amide bonds. The quantitative estimate of drug-likeness (QED) is 0.335. The first-order valence-corrected chi connectivity index (χ1v) is 4.38. The van der Waals surface area contributed by atoms with Gasteiger partial charge in [-0.15, -0.1) is 0 Å². The molecule has 0 saturated carbocycles. The Morgan fingerprint density at radius 2 is 2.08 bits per heavy atom. The molecular weight excluding hydrogens is 164 g/mol. The average molecular weight is 184 g/mol. The molecule has 1 unspecified atom stereocenters. The summed E-state index contributed by atoms with van der Waals surface area (Å²) in [5, 5.41) is 10.1. The summed E-state index contributed by atoms with van der Waals surface area (Å²) < 4.78 is 0. The molecule has 76 valence electrons. The van der Waals surface area contributed by atoms with E-state index in [-0.39, 0.29) is 6.04 Å². The highest BCUT2D eigenvalue weighted by atomic mass is 15.1. The molecule has 0 bridgehead atoms. The third-order valence-electron chi connectivity index (χ3n) is 1.88. The van der Waals surface area contributed by atoms with E-state index in [1.54, 1.807) is 11.9 Å². The summed E-state index contributed by atoms with van der Waals surface area (Å²) in [6, 6.07) is 0.279. The Morgan fingerprint density at radius 1 is 1.54 bits per heavy atom. The maximum atomic E-state index is 7.14. The minimum Gasteiger partial charge on any atom is -0.337 e. The first kappa shape index (κ1) is 12.1. The van der Waals surface area contributed by atoms with Crippen molar-refractivity contribution in [2.45, 2.75) is 32.5 Å². The summed E-state index contributed by atoms with van der Waals surface area (Å²) >= 11 is 0. The first-order valence-electron chi connectivity index (χ1n) is 4.38. The molecule has 0 aromatic carbocycles. The van der Waals surface area contributed by atoms with Gasteiger partial charge in [-0.2, -0.15) is 0 Å². The SMILES string of the molecule is CNC(C)(N)/C=C\N(C=N)C(C)C. The van der Waals surface area contributed by atoms with Crippen LogP contribution in [0, 0.1) is 5.41 Å². The van der Waals surface area contributed by atoms with E-state index >= 15 is 0 Å². The van der Waals surface area contributed by atoms with Crippen LogP contribution in [-0.2, 0) is 0 Å². The molecule has 0 aliphatic carbocycles. The second kappa shape index (κ2) is 4.99. The maximum Gasteiger partial charge on any atom is 0.0859 e. The zero-order chi connectivity index (χ0) is 10.5. The van der Waals surface area contributed by atoms with E-state index < -0.39 is 5.66 Å². The largest absolute Gasteiger partial charge is 0.337 e. The zero-order valence-electron chi connectivity index (χ0n) is 8.83. The predicted molar refractivity (Wildman–Crippen MR) is 56.6 cm³/mol. The van der Waals surface area contributed by atoms with E-state index in [0.717, 1.165) is 0 Å². The van der Waals surface area contributed by atoms with Crippen molar-refractivity contribution in [3.63, 3.8) is 0 Å². The van der Waals surface area contributed by atoms with Gasteiger partial charge in [0.2, 0.25) is 0 Å². The van der Waals surface area contributed by atoms with E-state index in [0.29, 0.717) is 0 Å². The van der Waals surface area contributed by atoms with E-state index in [2.05, 4.69) is 5.32 Å². The van der Waals surface area contributed by atoms with Crippen LogP contribution in [-0.4, -0.2) is 30.0 Å².